The van der Waals surface area contributed by atoms with E-state index >= 15 is 0 Å². The number of rotatable bonds is 15. The third-order valence-electron chi connectivity index (χ3n) is 4.17. The van der Waals surface area contributed by atoms with Crippen molar-refractivity contribution >= 4 is 6.09 Å². The van der Waals surface area contributed by atoms with E-state index in [1.807, 2.05) is 0 Å². The van der Waals surface area contributed by atoms with Gasteiger partial charge >= 0.3 is 6.09 Å². The molecule has 1 amide bonds. The predicted molar refractivity (Wildman–Crippen MR) is 91.0 cm³/mol. The van der Waals surface area contributed by atoms with Crippen LogP contribution in [0.4, 0.5) is 4.79 Å². The van der Waals surface area contributed by atoms with E-state index in [2.05, 4.69) is 6.92 Å². The van der Waals surface area contributed by atoms with E-state index in [-0.39, 0.29) is 0 Å². The van der Waals surface area contributed by atoms with Crippen molar-refractivity contribution in [3.05, 3.63) is 0 Å². The molecule has 0 unspecified atom stereocenters. The molecule has 0 fully saturated rings. The first-order chi connectivity index (χ1) is 10.2. The van der Waals surface area contributed by atoms with Crippen molar-refractivity contribution in [2.75, 3.05) is 13.6 Å². The fraction of sp³-hybridized carbons (Fsp3) is 0.944. The van der Waals surface area contributed by atoms with Gasteiger partial charge in [0.05, 0.1) is 0 Å². The third-order valence-corrected chi connectivity index (χ3v) is 4.17. The zero-order valence-corrected chi connectivity index (χ0v) is 14.4. The molecule has 0 spiro atoms. The topological polar surface area (TPSA) is 40.5 Å². The van der Waals surface area contributed by atoms with Crippen LogP contribution in [0.5, 0.6) is 0 Å². The Hall–Kier alpha value is -0.730. The molecule has 0 saturated carbocycles. The van der Waals surface area contributed by atoms with Gasteiger partial charge in [-0.25, -0.2) is 4.79 Å². The van der Waals surface area contributed by atoms with Gasteiger partial charge in [0.15, 0.2) is 0 Å². The van der Waals surface area contributed by atoms with E-state index in [4.69, 9.17) is 5.11 Å². The first-order valence-corrected chi connectivity index (χ1v) is 9.12. The molecule has 0 atom stereocenters. The van der Waals surface area contributed by atoms with Crippen molar-refractivity contribution in [2.24, 2.45) is 0 Å². The van der Waals surface area contributed by atoms with E-state index in [1.54, 1.807) is 7.05 Å². The van der Waals surface area contributed by atoms with Crippen LogP contribution in [-0.2, 0) is 0 Å². The van der Waals surface area contributed by atoms with Crippen LogP contribution >= 0.6 is 0 Å². The summed E-state index contributed by atoms with van der Waals surface area (Å²) in [4.78, 5) is 12.0. The maximum absolute atomic E-state index is 10.6. The zero-order valence-electron chi connectivity index (χ0n) is 14.4. The Morgan fingerprint density at radius 3 is 1.38 bits per heavy atom. The van der Waals surface area contributed by atoms with Gasteiger partial charge in [-0.1, -0.05) is 90.4 Å². The summed E-state index contributed by atoms with van der Waals surface area (Å²) in [5, 5.41) is 8.71. The molecule has 0 saturated heterocycles. The van der Waals surface area contributed by atoms with Crippen LogP contribution in [0.25, 0.3) is 0 Å². The molecule has 0 radical (unpaired) electrons. The quantitative estimate of drug-likeness (QED) is 0.372. The second kappa shape index (κ2) is 15.7. The van der Waals surface area contributed by atoms with E-state index < -0.39 is 6.09 Å². The summed E-state index contributed by atoms with van der Waals surface area (Å²) in [6.45, 7) is 2.94. The first-order valence-electron chi connectivity index (χ1n) is 9.12. The maximum atomic E-state index is 10.6. The number of hydrogen-bond donors (Lipinski definition) is 1. The minimum Gasteiger partial charge on any atom is -0.465 e. The average molecular weight is 299 g/mol. The second-order valence-electron chi connectivity index (χ2n) is 6.30. The fourth-order valence-corrected chi connectivity index (χ4v) is 2.64. The van der Waals surface area contributed by atoms with Crippen LogP contribution in [0.1, 0.15) is 96.8 Å². The van der Waals surface area contributed by atoms with Gasteiger partial charge in [-0.05, 0) is 6.42 Å². The summed E-state index contributed by atoms with van der Waals surface area (Å²) in [6, 6.07) is 0. The number of hydrogen-bond acceptors (Lipinski definition) is 1. The lowest BCUT2D eigenvalue weighted by Gasteiger charge is -2.11. The molecule has 0 aromatic rings. The number of carbonyl (C=O) groups is 1. The molecular weight excluding hydrogens is 262 g/mol. The van der Waals surface area contributed by atoms with Gasteiger partial charge in [0.2, 0.25) is 0 Å². The van der Waals surface area contributed by atoms with Gasteiger partial charge in [0, 0.05) is 13.6 Å². The molecule has 0 bridgehead atoms. The van der Waals surface area contributed by atoms with Crippen LogP contribution < -0.4 is 0 Å². The molecule has 0 aliphatic heterocycles. The fourth-order valence-electron chi connectivity index (χ4n) is 2.64. The van der Waals surface area contributed by atoms with Crippen molar-refractivity contribution in [2.45, 2.75) is 96.8 Å². The van der Waals surface area contributed by atoms with Crippen molar-refractivity contribution < 1.29 is 9.90 Å². The Bertz CT molecular complexity index is 231. The standard InChI is InChI=1S/C18H37NO2/c1-3-4-5-6-7-8-9-10-11-12-13-14-15-16-17-19(2)18(20)21/h3-17H2,1-2H3,(H,20,21). The van der Waals surface area contributed by atoms with Crippen molar-refractivity contribution in [1.29, 1.82) is 0 Å². The highest BCUT2D eigenvalue weighted by Crippen LogP contribution is 2.12. The minimum atomic E-state index is -0.815. The molecule has 0 aromatic carbocycles. The monoisotopic (exact) mass is 299 g/mol. The second-order valence-corrected chi connectivity index (χ2v) is 6.30. The van der Waals surface area contributed by atoms with Gasteiger partial charge in [0.1, 0.15) is 0 Å². The predicted octanol–water partition coefficient (Wildman–Crippen LogP) is 6.08. The number of carboxylic acid groups (broad SMARTS) is 1. The highest BCUT2D eigenvalue weighted by Gasteiger charge is 2.03. The molecule has 0 rings (SSSR count). The SMILES string of the molecule is CCCCCCCCCCCCCCCCN(C)C(=O)O. The maximum Gasteiger partial charge on any atom is 0.407 e. The van der Waals surface area contributed by atoms with Crippen molar-refractivity contribution in [1.82, 2.24) is 4.90 Å². The van der Waals surface area contributed by atoms with Crippen LogP contribution in [0.15, 0.2) is 0 Å². The average Bonchev–Trinajstić information content (AvgIpc) is 2.47. The van der Waals surface area contributed by atoms with Crippen LogP contribution in [0.2, 0.25) is 0 Å². The number of unbranched alkanes of at least 4 members (excludes halogenated alkanes) is 13. The van der Waals surface area contributed by atoms with E-state index in [9.17, 15) is 4.79 Å². The smallest absolute Gasteiger partial charge is 0.407 e. The molecule has 3 heteroatoms. The molecular formula is C18H37NO2. The lowest BCUT2D eigenvalue weighted by Crippen LogP contribution is -2.25. The number of nitrogens with zero attached hydrogens (tertiary/aromatic N) is 1. The summed E-state index contributed by atoms with van der Waals surface area (Å²) in [5.74, 6) is 0. The van der Waals surface area contributed by atoms with E-state index in [0.717, 1.165) is 12.8 Å². The Kier molecular flexibility index (Phi) is 15.1. The summed E-state index contributed by atoms with van der Waals surface area (Å²) >= 11 is 0. The summed E-state index contributed by atoms with van der Waals surface area (Å²) in [7, 11) is 1.64. The van der Waals surface area contributed by atoms with Crippen LogP contribution in [0.3, 0.4) is 0 Å². The van der Waals surface area contributed by atoms with Crippen LogP contribution in [0, 0.1) is 0 Å². The van der Waals surface area contributed by atoms with Gasteiger partial charge in [-0.15, -0.1) is 0 Å². The van der Waals surface area contributed by atoms with Crippen LogP contribution in [-0.4, -0.2) is 29.7 Å². The summed E-state index contributed by atoms with van der Waals surface area (Å²) in [6.07, 6.45) is 17.9. The molecule has 21 heavy (non-hydrogen) atoms. The molecule has 0 heterocycles. The zero-order chi connectivity index (χ0) is 15.8. The van der Waals surface area contributed by atoms with Gasteiger partial charge in [-0.2, -0.15) is 0 Å². The Morgan fingerprint density at radius 1 is 0.714 bits per heavy atom. The Labute approximate surface area is 132 Å². The third kappa shape index (κ3) is 15.5. The number of amides is 1. The molecule has 0 aromatic heterocycles. The molecule has 0 aliphatic carbocycles. The van der Waals surface area contributed by atoms with E-state index in [1.165, 1.54) is 81.9 Å². The molecule has 3 nitrogen and oxygen atoms in total. The van der Waals surface area contributed by atoms with Crippen molar-refractivity contribution in [3.8, 4) is 0 Å². The van der Waals surface area contributed by atoms with Crippen molar-refractivity contribution in [3.63, 3.8) is 0 Å². The van der Waals surface area contributed by atoms with Gasteiger partial charge in [0.25, 0.3) is 0 Å². The Balaban J connectivity index is 3.04. The van der Waals surface area contributed by atoms with Gasteiger partial charge in [-0.3, -0.25) is 0 Å². The normalized spacial score (nSPS) is 10.8. The Morgan fingerprint density at radius 2 is 1.05 bits per heavy atom. The largest absolute Gasteiger partial charge is 0.465 e. The van der Waals surface area contributed by atoms with E-state index in [0.29, 0.717) is 6.54 Å². The summed E-state index contributed by atoms with van der Waals surface area (Å²) < 4.78 is 0. The molecule has 126 valence electrons. The first kappa shape index (κ1) is 20.3. The highest BCUT2D eigenvalue weighted by molar-refractivity contribution is 5.64. The lowest BCUT2D eigenvalue weighted by atomic mass is 10.0. The lowest BCUT2D eigenvalue weighted by molar-refractivity contribution is 0.155. The molecule has 0 aliphatic rings. The molecule has 1 N–H and O–H groups in total. The highest BCUT2D eigenvalue weighted by atomic mass is 16.4. The summed E-state index contributed by atoms with van der Waals surface area (Å²) in [5.41, 5.74) is 0. The minimum absolute atomic E-state index is 0.674. The van der Waals surface area contributed by atoms with Gasteiger partial charge < -0.3 is 10.0 Å².